The monoisotopic (exact) mass is 184 g/mol. The van der Waals surface area contributed by atoms with Gasteiger partial charge < -0.3 is 5.11 Å². The van der Waals surface area contributed by atoms with Gasteiger partial charge in [-0.25, -0.2) is 0 Å². The SMILES string of the molecule is OC1=CC2Cc3ccccc3C2C=C1. The summed E-state index contributed by atoms with van der Waals surface area (Å²) in [5.74, 6) is 1.37. The number of hydrogen-bond donors (Lipinski definition) is 1. The van der Waals surface area contributed by atoms with Crippen molar-refractivity contribution in [2.24, 2.45) is 5.92 Å². The summed E-state index contributed by atoms with van der Waals surface area (Å²) in [4.78, 5) is 0. The molecule has 3 rings (SSSR count). The molecule has 2 atom stereocenters. The van der Waals surface area contributed by atoms with Gasteiger partial charge in [-0.1, -0.05) is 30.3 Å². The summed E-state index contributed by atoms with van der Waals surface area (Å²) < 4.78 is 0. The van der Waals surface area contributed by atoms with Gasteiger partial charge >= 0.3 is 0 Å². The molecular formula is C13H12O. The third-order valence-corrected chi connectivity index (χ3v) is 3.19. The van der Waals surface area contributed by atoms with Gasteiger partial charge in [0.2, 0.25) is 0 Å². The van der Waals surface area contributed by atoms with Crippen molar-refractivity contribution in [2.45, 2.75) is 12.3 Å². The van der Waals surface area contributed by atoms with E-state index in [0.717, 1.165) is 6.42 Å². The first-order chi connectivity index (χ1) is 6.84. The van der Waals surface area contributed by atoms with Crippen molar-refractivity contribution in [3.8, 4) is 0 Å². The Labute approximate surface area is 83.4 Å². The lowest BCUT2D eigenvalue weighted by molar-refractivity contribution is 0.414. The van der Waals surface area contributed by atoms with Crippen molar-refractivity contribution >= 4 is 0 Å². The van der Waals surface area contributed by atoms with E-state index in [1.807, 2.05) is 12.2 Å². The maximum Gasteiger partial charge on any atom is 0.111 e. The van der Waals surface area contributed by atoms with Crippen molar-refractivity contribution in [1.82, 2.24) is 0 Å². The molecule has 0 heterocycles. The van der Waals surface area contributed by atoms with Gasteiger partial charge in [-0.2, -0.15) is 0 Å². The van der Waals surface area contributed by atoms with Crippen LogP contribution in [-0.2, 0) is 6.42 Å². The number of aliphatic hydroxyl groups is 1. The van der Waals surface area contributed by atoms with Gasteiger partial charge in [-0.05, 0) is 35.6 Å². The molecule has 0 fully saturated rings. The second kappa shape index (κ2) is 2.74. The fourth-order valence-electron chi connectivity index (χ4n) is 2.54. The van der Waals surface area contributed by atoms with Crippen LogP contribution < -0.4 is 0 Å². The van der Waals surface area contributed by atoms with Crippen molar-refractivity contribution in [1.29, 1.82) is 0 Å². The lowest BCUT2D eigenvalue weighted by Gasteiger charge is -2.16. The first-order valence-corrected chi connectivity index (χ1v) is 5.01. The van der Waals surface area contributed by atoms with Gasteiger partial charge in [0.15, 0.2) is 0 Å². The Morgan fingerprint density at radius 1 is 1.21 bits per heavy atom. The third kappa shape index (κ3) is 1.02. The van der Waals surface area contributed by atoms with Gasteiger partial charge in [0.05, 0.1) is 0 Å². The fraction of sp³-hybridized carbons (Fsp3) is 0.231. The Morgan fingerprint density at radius 3 is 3.00 bits per heavy atom. The molecule has 0 spiro atoms. The Bertz CT molecular complexity index is 429. The maximum atomic E-state index is 9.41. The highest BCUT2D eigenvalue weighted by Gasteiger charge is 2.30. The van der Waals surface area contributed by atoms with E-state index in [1.54, 1.807) is 0 Å². The molecule has 1 nitrogen and oxygen atoms in total. The van der Waals surface area contributed by atoms with Gasteiger partial charge in [-0.3, -0.25) is 0 Å². The summed E-state index contributed by atoms with van der Waals surface area (Å²) in [5, 5.41) is 9.41. The number of allylic oxidation sites excluding steroid dienone is 3. The molecule has 1 heteroatoms. The average Bonchev–Trinajstić information content (AvgIpc) is 2.54. The molecule has 14 heavy (non-hydrogen) atoms. The zero-order valence-electron chi connectivity index (χ0n) is 7.85. The molecule has 2 unspecified atom stereocenters. The molecule has 0 saturated carbocycles. The highest BCUT2D eigenvalue weighted by molar-refractivity contribution is 5.43. The van der Waals surface area contributed by atoms with E-state index >= 15 is 0 Å². The molecule has 0 aromatic heterocycles. The summed E-state index contributed by atoms with van der Waals surface area (Å²) in [5.41, 5.74) is 2.86. The molecule has 2 aliphatic carbocycles. The second-order valence-corrected chi connectivity index (χ2v) is 4.04. The second-order valence-electron chi connectivity index (χ2n) is 4.04. The minimum absolute atomic E-state index is 0.416. The molecule has 2 aliphatic rings. The molecule has 0 saturated heterocycles. The van der Waals surface area contributed by atoms with E-state index in [2.05, 4.69) is 30.3 Å². The predicted molar refractivity (Wildman–Crippen MR) is 56.2 cm³/mol. The van der Waals surface area contributed by atoms with E-state index in [9.17, 15) is 5.11 Å². The Hall–Kier alpha value is -1.50. The molecule has 1 N–H and O–H groups in total. The Morgan fingerprint density at radius 2 is 2.07 bits per heavy atom. The van der Waals surface area contributed by atoms with Crippen LogP contribution in [0.2, 0.25) is 0 Å². The van der Waals surface area contributed by atoms with Crippen LogP contribution in [0.3, 0.4) is 0 Å². The van der Waals surface area contributed by atoms with Gasteiger partial charge in [0, 0.05) is 5.92 Å². The smallest absolute Gasteiger partial charge is 0.111 e. The van der Waals surface area contributed by atoms with E-state index < -0.39 is 0 Å². The maximum absolute atomic E-state index is 9.41. The molecule has 70 valence electrons. The third-order valence-electron chi connectivity index (χ3n) is 3.19. The molecule has 1 aromatic rings. The topological polar surface area (TPSA) is 20.2 Å². The molecule has 0 bridgehead atoms. The van der Waals surface area contributed by atoms with Crippen LogP contribution in [0.25, 0.3) is 0 Å². The summed E-state index contributed by atoms with van der Waals surface area (Å²) >= 11 is 0. The molecule has 1 aromatic carbocycles. The lowest BCUT2D eigenvalue weighted by atomic mass is 9.88. The lowest BCUT2D eigenvalue weighted by Crippen LogP contribution is -2.06. The quantitative estimate of drug-likeness (QED) is 0.657. The number of fused-ring (bicyclic) bond motifs is 3. The first-order valence-electron chi connectivity index (χ1n) is 5.01. The Kier molecular flexibility index (Phi) is 1.54. The van der Waals surface area contributed by atoms with Crippen LogP contribution >= 0.6 is 0 Å². The first kappa shape index (κ1) is 7.86. The van der Waals surface area contributed by atoms with Crippen LogP contribution in [0.1, 0.15) is 17.0 Å². The van der Waals surface area contributed by atoms with Crippen molar-refractivity contribution in [2.75, 3.05) is 0 Å². The molecule has 0 amide bonds. The average molecular weight is 184 g/mol. The van der Waals surface area contributed by atoms with Crippen molar-refractivity contribution in [3.05, 3.63) is 59.4 Å². The molecular weight excluding hydrogens is 172 g/mol. The van der Waals surface area contributed by atoms with E-state index in [-0.39, 0.29) is 0 Å². The zero-order chi connectivity index (χ0) is 9.54. The van der Waals surface area contributed by atoms with Crippen LogP contribution in [0.15, 0.2) is 48.3 Å². The summed E-state index contributed by atoms with van der Waals surface area (Å²) in [6.45, 7) is 0. The Balaban J connectivity index is 2.08. The summed E-state index contributed by atoms with van der Waals surface area (Å²) in [6, 6.07) is 8.56. The van der Waals surface area contributed by atoms with Gasteiger partial charge in [0.1, 0.15) is 5.76 Å². The number of hydrogen-bond acceptors (Lipinski definition) is 1. The normalized spacial score (nSPS) is 28.1. The van der Waals surface area contributed by atoms with E-state index in [1.165, 1.54) is 11.1 Å². The number of rotatable bonds is 0. The minimum atomic E-state index is 0.416. The number of benzene rings is 1. The van der Waals surface area contributed by atoms with Crippen LogP contribution in [0.5, 0.6) is 0 Å². The zero-order valence-corrected chi connectivity index (χ0v) is 7.85. The highest BCUT2D eigenvalue weighted by atomic mass is 16.3. The van der Waals surface area contributed by atoms with Crippen LogP contribution in [-0.4, -0.2) is 5.11 Å². The summed E-state index contributed by atoms with van der Waals surface area (Å²) in [6.07, 6.45) is 6.97. The minimum Gasteiger partial charge on any atom is -0.508 e. The van der Waals surface area contributed by atoms with E-state index in [0.29, 0.717) is 17.6 Å². The van der Waals surface area contributed by atoms with Gasteiger partial charge in [0.25, 0.3) is 0 Å². The fourth-order valence-corrected chi connectivity index (χ4v) is 2.54. The van der Waals surface area contributed by atoms with Crippen molar-refractivity contribution in [3.63, 3.8) is 0 Å². The highest BCUT2D eigenvalue weighted by Crippen LogP contribution is 2.41. The van der Waals surface area contributed by atoms with Crippen LogP contribution in [0, 0.1) is 5.92 Å². The van der Waals surface area contributed by atoms with Crippen molar-refractivity contribution < 1.29 is 5.11 Å². The standard InChI is InChI=1S/C13H12O/c14-11-5-6-13-10(8-11)7-9-3-1-2-4-12(9)13/h1-6,8,10,13-14H,7H2. The molecule has 0 aliphatic heterocycles. The molecule has 0 radical (unpaired) electrons. The van der Waals surface area contributed by atoms with Gasteiger partial charge in [-0.15, -0.1) is 0 Å². The largest absolute Gasteiger partial charge is 0.508 e. The van der Waals surface area contributed by atoms with Crippen LogP contribution in [0.4, 0.5) is 0 Å². The summed E-state index contributed by atoms with van der Waals surface area (Å²) in [7, 11) is 0. The predicted octanol–water partition coefficient (Wildman–Crippen LogP) is 2.95. The number of aliphatic hydroxyl groups excluding tert-OH is 1. The van der Waals surface area contributed by atoms with E-state index in [4.69, 9.17) is 0 Å².